The maximum atomic E-state index is 11.8. The van der Waals surface area contributed by atoms with E-state index in [4.69, 9.17) is 4.74 Å². The molecule has 110 valence electrons. The number of ether oxygens (including phenoxy) is 1. The minimum atomic E-state index is -0.528. The van der Waals surface area contributed by atoms with Crippen LogP contribution in [0.15, 0.2) is 35.9 Å². The van der Waals surface area contributed by atoms with E-state index in [1.54, 1.807) is 0 Å². The molecule has 0 bridgehead atoms. The van der Waals surface area contributed by atoms with Crippen LogP contribution >= 0.6 is 0 Å². The van der Waals surface area contributed by atoms with E-state index >= 15 is 0 Å². The SMILES string of the molecule is CC(C)c1ccccc1COC(=O)CC1=CC(=O)NC1=O. The Hall–Kier alpha value is -2.43. The van der Waals surface area contributed by atoms with Gasteiger partial charge in [-0.2, -0.15) is 0 Å². The number of hydrogen-bond donors (Lipinski definition) is 1. The monoisotopic (exact) mass is 287 g/mol. The van der Waals surface area contributed by atoms with Crippen molar-refractivity contribution in [3.8, 4) is 0 Å². The summed E-state index contributed by atoms with van der Waals surface area (Å²) in [5.41, 5.74) is 2.21. The van der Waals surface area contributed by atoms with Gasteiger partial charge in [-0.3, -0.25) is 19.7 Å². The largest absolute Gasteiger partial charge is 0.461 e. The smallest absolute Gasteiger partial charge is 0.310 e. The van der Waals surface area contributed by atoms with Crippen LogP contribution in [0.4, 0.5) is 0 Å². The summed E-state index contributed by atoms with van der Waals surface area (Å²) in [5.74, 6) is -1.21. The molecular formula is C16H17NO4. The Morgan fingerprint density at radius 2 is 1.95 bits per heavy atom. The number of carbonyl (C=O) groups excluding carboxylic acids is 3. The van der Waals surface area contributed by atoms with E-state index in [1.165, 1.54) is 0 Å². The van der Waals surface area contributed by atoms with Gasteiger partial charge in [-0.1, -0.05) is 38.1 Å². The molecule has 0 atom stereocenters. The Balaban J connectivity index is 1.95. The molecule has 0 saturated carbocycles. The average Bonchev–Trinajstić information content (AvgIpc) is 2.74. The van der Waals surface area contributed by atoms with Crippen molar-refractivity contribution in [3.05, 3.63) is 47.0 Å². The van der Waals surface area contributed by atoms with Crippen LogP contribution < -0.4 is 5.32 Å². The lowest BCUT2D eigenvalue weighted by Gasteiger charge is -2.12. The number of esters is 1. The fourth-order valence-electron chi connectivity index (χ4n) is 2.18. The highest BCUT2D eigenvalue weighted by molar-refractivity contribution is 6.17. The maximum absolute atomic E-state index is 11.8. The Kier molecular flexibility index (Phi) is 4.52. The number of hydrogen-bond acceptors (Lipinski definition) is 4. The van der Waals surface area contributed by atoms with Gasteiger partial charge in [-0.15, -0.1) is 0 Å². The molecule has 1 N–H and O–H groups in total. The molecule has 2 rings (SSSR count). The number of rotatable bonds is 5. The zero-order valence-corrected chi connectivity index (χ0v) is 12.0. The van der Waals surface area contributed by atoms with Gasteiger partial charge < -0.3 is 4.74 Å². The third-order valence-corrected chi connectivity index (χ3v) is 3.23. The highest BCUT2D eigenvalue weighted by Gasteiger charge is 2.23. The molecule has 1 aromatic carbocycles. The van der Waals surface area contributed by atoms with Gasteiger partial charge in [0.1, 0.15) is 6.61 Å². The van der Waals surface area contributed by atoms with Crippen molar-refractivity contribution in [1.29, 1.82) is 0 Å². The Bertz CT molecular complexity index is 616. The molecule has 0 saturated heterocycles. The van der Waals surface area contributed by atoms with Gasteiger partial charge in [0.2, 0.25) is 0 Å². The first-order valence-electron chi connectivity index (χ1n) is 6.76. The van der Waals surface area contributed by atoms with Gasteiger partial charge in [-0.25, -0.2) is 0 Å². The van der Waals surface area contributed by atoms with E-state index in [1.807, 2.05) is 24.3 Å². The predicted octanol–water partition coefficient (Wildman–Crippen LogP) is 1.83. The number of imide groups is 1. The van der Waals surface area contributed by atoms with Crippen molar-refractivity contribution < 1.29 is 19.1 Å². The third kappa shape index (κ3) is 3.78. The first-order chi connectivity index (χ1) is 9.97. The van der Waals surface area contributed by atoms with Gasteiger partial charge >= 0.3 is 5.97 Å². The average molecular weight is 287 g/mol. The summed E-state index contributed by atoms with van der Waals surface area (Å²) < 4.78 is 5.19. The maximum Gasteiger partial charge on any atom is 0.310 e. The van der Waals surface area contributed by atoms with Crippen LogP contribution in [0, 0.1) is 0 Å². The molecule has 5 nitrogen and oxygen atoms in total. The second-order valence-corrected chi connectivity index (χ2v) is 5.18. The molecule has 1 aromatic rings. The third-order valence-electron chi connectivity index (χ3n) is 3.23. The standard InChI is InChI=1S/C16H17NO4/c1-10(2)13-6-4-3-5-11(13)9-21-15(19)8-12-7-14(18)17-16(12)20/h3-7,10H,8-9H2,1-2H3,(H,17,18,20). The van der Waals surface area contributed by atoms with Crippen LogP contribution in [0.25, 0.3) is 0 Å². The zero-order chi connectivity index (χ0) is 15.4. The summed E-state index contributed by atoms with van der Waals surface area (Å²) in [6.07, 6.45) is 0.938. The van der Waals surface area contributed by atoms with Gasteiger partial charge in [-0.05, 0) is 17.0 Å². The minimum absolute atomic E-state index is 0.141. The molecule has 0 spiro atoms. The number of benzene rings is 1. The minimum Gasteiger partial charge on any atom is -0.461 e. The molecule has 0 radical (unpaired) electrons. The van der Waals surface area contributed by atoms with Crippen molar-refractivity contribution in [2.75, 3.05) is 0 Å². The fourth-order valence-corrected chi connectivity index (χ4v) is 2.18. The summed E-state index contributed by atoms with van der Waals surface area (Å²) >= 11 is 0. The van der Waals surface area contributed by atoms with Crippen molar-refractivity contribution in [3.63, 3.8) is 0 Å². The van der Waals surface area contributed by atoms with Crippen molar-refractivity contribution in [2.24, 2.45) is 0 Å². The molecule has 5 heteroatoms. The Labute approximate surface area is 123 Å². The summed E-state index contributed by atoms with van der Waals surface area (Å²) in [4.78, 5) is 34.1. The van der Waals surface area contributed by atoms with Crippen LogP contribution in [0.1, 0.15) is 37.3 Å². The summed E-state index contributed by atoms with van der Waals surface area (Å²) in [6.45, 7) is 4.30. The fraction of sp³-hybridized carbons (Fsp3) is 0.312. The van der Waals surface area contributed by atoms with Gasteiger partial charge in [0.25, 0.3) is 11.8 Å². The molecule has 21 heavy (non-hydrogen) atoms. The number of carbonyl (C=O) groups is 3. The number of nitrogens with one attached hydrogen (secondary N) is 1. The summed E-state index contributed by atoms with van der Waals surface area (Å²) in [5, 5.41) is 2.09. The van der Waals surface area contributed by atoms with E-state index in [2.05, 4.69) is 19.2 Å². The quantitative estimate of drug-likeness (QED) is 0.662. The lowest BCUT2D eigenvalue weighted by atomic mass is 9.98. The van der Waals surface area contributed by atoms with Gasteiger partial charge in [0.15, 0.2) is 0 Å². The lowest BCUT2D eigenvalue weighted by molar-refractivity contribution is -0.144. The zero-order valence-electron chi connectivity index (χ0n) is 12.0. The van der Waals surface area contributed by atoms with Gasteiger partial charge in [0.05, 0.1) is 6.42 Å². The van der Waals surface area contributed by atoms with E-state index in [0.29, 0.717) is 5.92 Å². The van der Waals surface area contributed by atoms with E-state index < -0.39 is 17.8 Å². The molecule has 1 aliphatic rings. The van der Waals surface area contributed by atoms with Crippen molar-refractivity contribution in [1.82, 2.24) is 5.32 Å². The van der Waals surface area contributed by atoms with Crippen LogP contribution in [-0.2, 0) is 25.7 Å². The van der Waals surface area contributed by atoms with E-state index in [-0.39, 0.29) is 18.6 Å². The molecular weight excluding hydrogens is 270 g/mol. The summed E-state index contributed by atoms with van der Waals surface area (Å²) in [7, 11) is 0. The van der Waals surface area contributed by atoms with Crippen molar-refractivity contribution in [2.45, 2.75) is 32.8 Å². The Morgan fingerprint density at radius 3 is 2.57 bits per heavy atom. The molecule has 1 heterocycles. The van der Waals surface area contributed by atoms with Crippen LogP contribution in [0.3, 0.4) is 0 Å². The predicted molar refractivity (Wildman–Crippen MR) is 76.2 cm³/mol. The van der Waals surface area contributed by atoms with Crippen LogP contribution in [-0.4, -0.2) is 17.8 Å². The Morgan fingerprint density at radius 1 is 1.24 bits per heavy atom. The second-order valence-electron chi connectivity index (χ2n) is 5.18. The molecule has 1 aliphatic heterocycles. The van der Waals surface area contributed by atoms with Crippen molar-refractivity contribution >= 4 is 17.8 Å². The molecule has 0 aromatic heterocycles. The molecule has 0 aliphatic carbocycles. The molecule has 2 amide bonds. The van der Waals surface area contributed by atoms with Gasteiger partial charge in [0, 0.05) is 11.6 Å². The van der Waals surface area contributed by atoms with E-state index in [9.17, 15) is 14.4 Å². The van der Waals surface area contributed by atoms with E-state index in [0.717, 1.165) is 17.2 Å². The van der Waals surface area contributed by atoms with Crippen LogP contribution in [0.2, 0.25) is 0 Å². The highest BCUT2D eigenvalue weighted by atomic mass is 16.5. The topological polar surface area (TPSA) is 72.5 Å². The normalized spacial score (nSPS) is 14.1. The first kappa shape index (κ1) is 15.0. The molecule has 0 unspecified atom stereocenters. The lowest BCUT2D eigenvalue weighted by Crippen LogP contribution is -2.23. The first-order valence-corrected chi connectivity index (χ1v) is 6.76. The highest BCUT2D eigenvalue weighted by Crippen LogP contribution is 2.20. The second kappa shape index (κ2) is 6.35. The summed E-state index contributed by atoms with van der Waals surface area (Å²) in [6, 6.07) is 7.74. The number of amides is 2. The molecule has 0 fully saturated rings. The van der Waals surface area contributed by atoms with Crippen LogP contribution in [0.5, 0.6) is 0 Å².